The van der Waals surface area contributed by atoms with Crippen LogP contribution in [0.5, 0.6) is 0 Å². The van der Waals surface area contributed by atoms with Gasteiger partial charge in [-0.25, -0.2) is 4.79 Å². The maximum Gasteiger partial charge on any atom is 0.407 e. The molecule has 0 aromatic rings. The molecule has 0 radical (unpaired) electrons. The Morgan fingerprint density at radius 3 is 2.40 bits per heavy atom. The molecule has 1 aliphatic carbocycles. The minimum atomic E-state index is -0.428. The molecule has 4 nitrogen and oxygen atoms in total. The fraction of sp³-hybridized carbons (Fsp3) is 0.938. The molecule has 0 atom stereocenters. The maximum absolute atomic E-state index is 11.8. The maximum atomic E-state index is 11.8. The molecule has 0 aliphatic heterocycles. The molecule has 4 heteroatoms. The van der Waals surface area contributed by atoms with Crippen LogP contribution in [0.15, 0.2) is 0 Å². The minimum Gasteiger partial charge on any atom is -0.444 e. The number of hydrogen-bond acceptors (Lipinski definition) is 3. The number of alkyl carbamates (subject to hydrolysis) is 1. The molecule has 0 saturated heterocycles. The van der Waals surface area contributed by atoms with Crippen molar-refractivity contribution in [2.24, 2.45) is 17.1 Å². The van der Waals surface area contributed by atoms with Crippen LogP contribution in [0.3, 0.4) is 0 Å². The highest BCUT2D eigenvalue weighted by molar-refractivity contribution is 5.67. The van der Waals surface area contributed by atoms with Crippen molar-refractivity contribution in [1.82, 2.24) is 5.32 Å². The van der Waals surface area contributed by atoms with E-state index in [4.69, 9.17) is 10.5 Å². The lowest BCUT2D eigenvalue weighted by molar-refractivity contribution is 0.0467. The van der Waals surface area contributed by atoms with Gasteiger partial charge < -0.3 is 15.8 Å². The summed E-state index contributed by atoms with van der Waals surface area (Å²) in [5, 5.41) is 2.96. The smallest absolute Gasteiger partial charge is 0.407 e. The molecule has 1 saturated carbocycles. The van der Waals surface area contributed by atoms with E-state index < -0.39 is 5.60 Å². The van der Waals surface area contributed by atoms with Gasteiger partial charge in [0.1, 0.15) is 5.60 Å². The van der Waals surface area contributed by atoms with Gasteiger partial charge in [0, 0.05) is 6.54 Å². The van der Waals surface area contributed by atoms with E-state index in [1.165, 1.54) is 25.7 Å². The molecular formula is C16H32N2O2. The van der Waals surface area contributed by atoms with E-state index in [0.717, 1.165) is 31.8 Å². The Bertz CT molecular complexity index is 302. The van der Waals surface area contributed by atoms with Crippen LogP contribution in [-0.4, -0.2) is 24.8 Å². The van der Waals surface area contributed by atoms with E-state index in [-0.39, 0.29) is 11.5 Å². The van der Waals surface area contributed by atoms with Crippen molar-refractivity contribution in [1.29, 1.82) is 0 Å². The van der Waals surface area contributed by atoms with Gasteiger partial charge in [0.2, 0.25) is 0 Å². The molecule has 0 heterocycles. The first-order chi connectivity index (χ1) is 9.30. The number of hydrogen-bond donors (Lipinski definition) is 2. The Morgan fingerprint density at radius 1 is 1.35 bits per heavy atom. The third kappa shape index (κ3) is 5.70. The number of carbonyl (C=O) groups excluding carboxylic acids is 1. The van der Waals surface area contributed by atoms with Crippen molar-refractivity contribution in [2.45, 2.75) is 71.8 Å². The monoisotopic (exact) mass is 284 g/mol. The fourth-order valence-electron chi connectivity index (χ4n) is 3.04. The fourth-order valence-corrected chi connectivity index (χ4v) is 3.04. The first-order valence-corrected chi connectivity index (χ1v) is 7.97. The summed E-state index contributed by atoms with van der Waals surface area (Å²) in [7, 11) is 0. The van der Waals surface area contributed by atoms with Gasteiger partial charge in [-0.3, -0.25) is 0 Å². The van der Waals surface area contributed by atoms with Gasteiger partial charge >= 0.3 is 6.09 Å². The molecule has 20 heavy (non-hydrogen) atoms. The van der Waals surface area contributed by atoms with Crippen LogP contribution in [0.1, 0.15) is 66.2 Å². The van der Waals surface area contributed by atoms with Gasteiger partial charge in [-0.15, -0.1) is 0 Å². The van der Waals surface area contributed by atoms with Crippen LogP contribution in [0, 0.1) is 11.3 Å². The number of carbonyl (C=O) groups is 1. The zero-order chi connectivity index (χ0) is 15.2. The number of nitrogens with two attached hydrogens (primary N) is 1. The summed E-state index contributed by atoms with van der Waals surface area (Å²) >= 11 is 0. The molecule has 0 aromatic carbocycles. The largest absolute Gasteiger partial charge is 0.444 e. The van der Waals surface area contributed by atoms with E-state index in [1.54, 1.807) is 0 Å². The normalized spacial score (nSPS) is 27.1. The van der Waals surface area contributed by atoms with Crippen LogP contribution in [-0.2, 0) is 4.74 Å². The predicted molar refractivity (Wildman–Crippen MR) is 82.6 cm³/mol. The second kappa shape index (κ2) is 7.30. The lowest BCUT2D eigenvalue weighted by Crippen LogP contribution is -2.42. The average molecular weight is 284 g/mol. The summed E-state index contributed by atoms with van der Waals surface area (Å²) in [5.74, 6) is 0.779. The Balaban J connectivity index is 2.42. The molecule has 3 N–H and O–H groups in total. The van der Waals surface area contributed by atoms with Gasteiger partial charge in [-0.05, 0) is 77.2 Å². The van der Waals surface area contributed by atoms with Crippen LogP contribution in [0.2, 0.25) is 0 Å². The van der Waals surface area contributed by atoms with Crippen LogP contribution in [0.4, 0.5) is 4.79 Å². The molecule has 0 spiro atoms. The highest BCUT2D eigenvalue weighted by Crippen LogP contribution is 2.41. The van der Waals surface area contributed by atoms with Crippen molar-refractivity contribution in [3.05, 3.63) is 0 Å². The molecule has 1 amide bonds. The van der Waals surface area contributed by atoms with Gasteiger partial charge in [0.25, 0.3) is 0 Å². The van der Waals surface area contributed by atoms with Crippen molar-refractivity contribution < 1.29 is 9.53 Å². The van der Waals surface area contributed by atoms with E-state index >= 15 is 0 Å². The Labute approximate surface area is 123 Å². The van der Waals surface area contributed by atoms with Crippen molar-refractivity contribution in [3.63, 3.8) is 0 Å². The molecule has 1 fully saturated rings. The molecular weight excluding hydrogens is 252 g/mol. The quantitative estimate of drug-likeness (QED) is 0.812. The van der Waals surface area contributed by atoms with E-state index in [1.807, 2.05) is 20.8 Å². The van der Waals surface area contributed by atoms with Gasteiger partial charge in [0.05, 0.1) is 0 Å². The van der Waals surface area contributed by atoms with Gasteiger partial charge in [-0.2, -0.15) is 0 Å². The zero-order valence-corrected chi connectivity index (χ0v) is 13.6. The summed E-state index contributed by atoms with van der Waals surface area (Å²) < 4.78 is 5.31. The summed E-state index contributed by atoms with van der Waals surface area (Å²) in [6.45, 7) is 9.41. The van der Waals surface area contributed by atoms with Crippen molar-refractivity contribution >= 4 is 6.09 Å². The highest BCUT2D eigenvalue weighted by atomic mass is 16.6. The van der Waals surface area contributed by atoms with E-state index in [0.29, 0.717) is 0 Å². The number of nitrogens with one attached hydrogen (secondary N) is 1. The number of ether oxygens (including phenoxy) is 1. The number of rotatable bonds is 5. The first-order valence-electron chi connectivity index (χ1n) is 7.97. The number of amides is 1. The van der Waals surface area contributed by atoms with Crippen LogP contribution < -0.4 is 11.1 Å². The van der Waals surface area contributed by atoms with E-state index in [9.17, 15) is 4.79 Å². The van der Waals surface area contributed by atoms with Crippen LogP contribution in [0.25, 0.3) is 0 Å². The van der Waals surface area contributed by atoms with E-state index in [2.05, 4.69) is 12.2 Å². The molecule has 0 aromatic heterocycles. The molecule has 1 rings (SSSR count). The predicted octanol–water partition coefficient (Wildman–Crippen LogP) is 3.45. The Hall–Kier alpha value is -0.770. The summed E-state index contributed by atoms with van der Waals surface area (Å²) in [5.41, 5.74) is 5.47. The average Bonchev–Trinajstić information content (AvgIpc) is 2.37. The Kier molecular flexibility index (Phi) is 6.31. The lowest BCUT2D eigenvalue weighted by Gasteiger charge is -2.40. The zero-order valence-electron chi connectivity index (χ0n) is 13.6. The molecule has 0 bridgehead atoms. The third-order valence-electron chi connectivity index (χ3n) is 4.50. The highest BCUT2D eigenvalue weighted by Gasteiger charge is 2.34. The van der Waals surface area contributed by atoms with Crippen molar-refractivity contribution in [3.8, 4) is 0 Å². The summed E-state index contributed by atoms with van der Waals surface area (Å²) in [6.07, 6.45) is 6.79. The van der Waals surface area contributed by atoms with Crippen molar-refractivity contribution in [2.75, 3.05) is 13.1 Å². The second-order valence-electron chi connectivity index (χ2n) is 7.23. The third-order valence-corrected chi connectivity index (χ3v) is 4.50. The Morgan fingerprint density at radius 2 is 1.95 bits per heavy atom. The topological polar surface area (TPSA) is 64.3 Å². The second-order valence-corrected chi connectivity index (χ2v) is 7.23. The molecule has 1 aliphatic rings. The summed E-state index contributed by atoms with van der Waals surface area (Å²) in [6, 6.07) is 0. The summed E-state index contributed by atoms with van der Waals surface area (Å²) in [4.78, 5) is 11.8. The minimum absolute atomic E-state index is 0.252. The molecule has 0 unspecified atom stereocenters. The lowest BCUT2D eigenvalue weighted by atomic mass is 9.68. The molecule has 118 valence electrons. The standard InChI is InChI=1S/C16H32N2O2/c1-5-16(9-6-13(7-10-16)8-11-17)12-18-14(19)20-15(2,3)4/h13H,5-12,17H2,1-4H3,(H,18,19). The first kappa shape index (κ1) is 17.3. The SMILES string of the molecule is CCC1(CNC(=O)OC(C)(C)C)CCC(CCN)CC1. The van der Waals surface area contributed by atoms with Gasteiger partial charge in [0.15, 0.2) is 0 Å². The van der Waals surface area contributed by atoms with Crippen LogP contribution >= 0.6 is 0 Å². The van der Waals surface area contributed by atoms with Gasteiger partial charge in [-0.1, -0.05) is 6.92 Å².